The van der Waals surface area contributed by atoms with Crippen molar-refractivity contribution in [1.82, 2.24) is 10.6 Å². The second kappa shape index (κ2) is 12.0. The first-order chi connectivity index (χ1) is 18.5. The number of nitrogens with one attached hydrogen (secondary N) is 2. The number of hydrogen-bond acceptors (Lipinski definition) is 6. The van der Waals surface area contributed by atoms with Crippen LogP contribution in [0.2, 0.25) is 0 Å². The van der Waals surface area contributed by atoms with Crippen molar-refractivity contribution in [2.45, 2.75) is 117 Å². The minimum absolute atomic E-state index is 0.0830. The van der Waals surface area contributed by atoms with Gasteiger partial charge in [-0.3, -0.25) is 9.59 Å². The first-order valence-electron chi connectivity index (χ1n) is 14.9. The maximum absolute atomic E-state index is 12.4. The molecule has 4 aliphatic carbocycles. The summed E-state index contributed by atoms with van der Waals surface area (Å²) in [4.78, 5) is 41.4. The van der Waals surface area contributed by atoms with Crippen LogP contribution in [0.5, 0.6) is 0 Å². The van der Waals surface area contributed by atoms with E-state index in [1.807, 2.05) is 6.92 Å². The average molecular weight is 546 g/mol. The lowest BCUT2D eigenvalue weighted by molar-refractivity contribution is -0.142. The fourth-order valence-electron chi connectivity index (χ4n) is 8.10. The maximum Gasteiger partial charge on any atom is 0.326 e. The van der Waals surface area contributed by atoms with Crippen LogP contribution in [-0.4, -0.2) is 58.5 Å². The number of unbranched alkanes of at least 4 members (excludes halogenated alkanes) is 1. The topological polar surface area (TPSA) is 137 Å². The van der Waals surface area contributed by atoms with Gasteiger partial charge in [0, 0.05) is 0 Å². The summed E-state index contributed by atoms with van der Waals surface area (Å²) < 4.78 is 0. The van der Waals surface area contributed by atoms with Crippen molar-refractivity contribution < 1.29 is 29.4 Å². The molecule has 0 bridgehead atoms. The molecule has 3 fully saturated rings. The molecule has 0 spiro atoms. The molecule has 6 unspecified atom stereocenters. The number of allylic oxidation sites excluding steroid dienone is 2. The molecule has 0 aromatic rings. The van der Waals surface area contributed by atoms with Gasteiger partial charge in [0.1, 0.15) is 12.1 Å². The lowest BCUT2D eigenvalue weighted by Gasteiger charge is -2.57. The van der Waals surface area contributed by atoms with E-state index in [2.05, 4.69) is 35.7 Å². The highest BCUT2D eigenvalue weighted by Crippen LogP contribution is 2.65. The van der Waals surface area contributed by atoms with Gasteiger partial charge in [-0.15, -0.1) is 0 Å². The van der Waals surface area contributed by atoms with E-state index in [4.69, 9.17) is 4.84 Å². The van der Waals surface area contributed by atoms with E-state index >= 15 is 0 Å². The van der Waals surface area contributed by atoms with Crippen molar-refractivity contribution in [3.63, 3.8) is 0 Å². The number of hydrogen-bond donors (Lipinski definition) is 4. The van der Waals surface area contributed by atoms with Crippen molar-refractivity contribution in [2.75, 3.05) is 6.61 Å². The Kier molecular flexibility index (Phi) is 9.08. The molecular weight excluding hydrogens is 498 g/mol. The molecule has 39 heavy (non-hydrogen) atoms. The number of carbonyl (C=O) groups excluding carboxylic acids is 2. The zero-order chi connectivity index (χ0) is 28.4. The van der Waals surface area contributed by atoms with Crippen LogP contribution in [0.25, 0.3) is 0 Å². The molecule has 218 valence electrons. The largest absolute Gasteiger partial charge is 0.480 e. The summed E-state index contributed by atoms with van der Waals surface area (Å²) in [6.07, 6.45) is 12.3. The maximum atomic E-state index is 12.4. The summed E-state index contributed by atoms with van der Waals surface area (Å²) in [5.74, 6) is -0.166. The Morgan fingerprint density at radius 2 is 1.87 bits per heavy atom. The second-order valence-corrected chi connectivity index (χ2v) is 12.8. The highest BCUT2D eigenvalue weighted by Gasteiger charge is 2.58. The molecule has 0 saturated heterocycles. The molecule has 0 heterocycles. The summed E-state index contributed by atoms with van der Waals surface area (Å²) in [5, 5.41) is 29.3. The Morgan fingerprint density at radius 1 is 1.10 bits per heavy atom. The zero-order valence-electron chi connectivity index (χ0n) is 24.0. The Labute approximate surface area is 232 Å². The molecule has 4 N–H and O–H groups in total. The van der Waals surface area contributed by atoms with Crippen LogP contribution in [0.1, 0.15) is 98.3 Å². The monoisotopic (exact) mass is 545 g/mol. The van der Waals surface area contributed by atoms with E-state index in [0.29, 0.717) is 30.6 Å². The molecule has 2 amide bonds. The minimum Gasteiger partial charge on any atom is -0.480 e. The molecule has 0 radical (unpaired) electrons. The number of rotatable bonds is 10. The number of carboxylic acid groups (broad SMARTS) is 1. The van der Waals surface area contributed by atoms with Crippen molar-refractivity contribution in [3.8, 4) is 0 Å². The molecule has 9 heteroatoms. The van der Waals surface area contributed by atoms with Crippen molar-refractivity contribution in [1.29, 1.82) is 0 Å². The summed E-state index contributed by atoms with van der Waals surface area (Å²) in [6.45, 7) is 7.88. The van der Waals surface area contributed by atoms with Gasteiger partial charge in [0.05, 0.1) is 11.8 Å². The first-order valence-corrected chi connectivity index (χ1v) is 14.9. The SMILES string of the molecule is CCCCC(NC(=O)C(C)NC(=O)CO/N=C1/C=C2CCC3C4CCC(O)[C@@]4(C)CCC3[C@@]2(C)CC1)C(=O)O. The fraction of sp³-hybridized carbons (Fsp3) is 0.800. The van der Waals surface area contributed by atoms with Crippen molar-refractivity contribution in [2.24, 2.45) is 33.7 Å². The lowest BCUT2D eigenvalue weighted by Crippen LogP contribution is -2.51. The smallest absolute Gasteiger partial charge is 0.326 e. The zero-order valence-corrected chi connectivity index (χ0v) is 24.0. The Balaban J connectivity index is 1.28. The number of amides is 2. The highest BCUT2D eigenvalue weighted by atomic mass is 16.6. The molecule has 0 aromatic heterocycles. The third kappa shape index (κ3) is 6.03. The summed E-state index contributed by atoms with van der Waals surface area (Å²) in [7, 11) is 0. The Hall–Kier alpha value is -2.42. The Morgan fingerprint density at radius 3 is 2.59 bits per heavy atom. The fourth-order valence-corrected chi connectivity index (χ4v) is 8.10. The number of carbonyl (C=O) groups is 3. The van der Waals surface area contributed by atoms with Crippen molar-refractivity contribution in [3.05, 3.63) is 11.6 Å². The van der Waals surface area contributed by atoms with Crippen LogP contribution in [0.3, 0.4) is 0 Å². The van der Waals surface area contributed by atoms with Gasteiger partial charge in [-0.1, -0.05) is 44.3 Å². The van der Waals surface area contributed by atoms with Gasteiger partial charge in [-0.05, 0) is 99.4 Å². The summed E-state index contributed by atoms with van der Waals surface area (Å²) in [6, 6.07) is -1.86. The third-order valence-electron chi connectivity index (χ3n) is 10.5. The van der Waals surface area contributed by atoms with Crippen molar-refractivity contribution >= 4 is 23.5 Å². The minimum atomic E-state index is -1.08. The predicted molar refractivity (Wildman–Crippen MR) is 148 cm³/mol. The predicted octanol–water partition coefficient (Wildman–Crippen LogP) is 3.95. The molecule has 4 rings (SSSR count). The van der Waals surface area contributed by atoms with E-state index in [1.165, 1.54) is 18.9 Å². The van der Waals surface area contributed by atoms with E-state index in [0.717, 1.165) is 57.1 Å². The van der Waals surface area contributed by atoms with Crippen LogP contribution < -0.4 is 10.6 Å². The van der Waals surface area contributed by atoms with Gasteiger partial charge in [-0.2, -0.15) is 0 Å². The van der Waals surface area contributed by atoms with Gasteiger partial charge in [0.25, 0.3) is 5.91 Å². The van der Waals surface area contributed by atoms with Crippen LogP contribution in [0, 0.1) is 28.6 Å². The number of carboxylic acids is 1. The molecule has 4 aliphatic rings. The van der Waals surface area contributed by atoms with Crippen LogP contribution >= 0.6 is 0 Å². The summed E-state index contributed by atoms with van der Waals surface area (Å²) >= 11 is 0. The van der Waals surface area contributed by atoms with Gasteiger partial charge in [0.15, 0.2) is 6.61 Å². The van der Waals surface area contributed by atoms with E-state index in [-0.39, 0.29) is 23.5 Å². The van der Waals surface area contributed by atoms with Crippen LogP contribution in [-0.2, 0) is 19.2 Å². The van der Waals surface area contributed by atoms with E-state index in [9.17, 15) is 24.6 Å². The van der Waals surface area contributed by atoms with Gasteiger partial charge >= 0.3 is 5.97 Å². The number of oxime groups is 1. The van der Waals surface area contributed by atoms with Gasteiger partial charge < -0.3 is 25.7 Å². The van der Waals surface area contributed by atoms with Gasteiger partial charge in [0.2, 0.25) is 5.91 Å². The third-order valence-corrected chi connectivity index (χ3v) is 10.5. The standard InChI is InChI=1S/C30H47N3O6/c1-5-6-7-24(28(37)38)32-27(36)18(2)31-26(35)17-39-33-20-12-14-29(3)19(16-20)8-9-21-22-10-11-25(34)30(22,4)15-13-23(21)29/h16,18,21-25,34H,5-15,17H2,1-4H3,(H,31,35)(H,32,36)(H,37,38)/b33-20+/t18?,21?,22?,23?,24?,25?,29-,30-/m0/s1. The quantitative estimate of drug-likeness (QED) is 0.307. The molecule has 0 aliphatic heterocycles. The Bertz CT molecular complexity index is 1010. The molecule has 3 saturated carbocycles. The lowest BCUT2D eigenvalue weighted by atomic mass is 9.47. The van der Waals surface area contributed by atoms with E-state index < -0.39 is 29.9 Å². The summed E-state index contributed by atoms with van der Waals surface area (Å²) in [5.41, 5.74) is 2.52. The van der Waals surface area contributed by atoms with Gasteiger partial charge in [-0.25, -0.2) is 4.79 Å². The number of nitrogens with zero attached hydrogens (tertiary/aromatic N) is 1. The number of aliphatic hydroxyl groups is 1. The average Bonchev–Trinajstić information content (AvgIpc) is 3.20. The van der Waals surface area contributed by atoms with Crippen LogP contribution in [0.15, 0.2) is 16.8 Å². The number of aliphatic hydroxyl groups excluding tert-OH is 1. The van der Waals surface area contributed by atoms with E-state index in [1.54, 1.807) is 0 Å². The first kappa shape index (κ1) is 29.6. The molecular formula is C30H47N3O6. The normalized spacial score (nSPS) is 36.0. The molecule has 0 aromatic carbocycles. The number of aliphatic carboxylic acids is 1. The molecule has 9 nitrogen and oxygen atoms in total. The highest BCUT2D eigenvalue weighted by molar-refractivity contribution is 5.96. The molecule has 8 atom stereocenters. The number of fused-ring (bicyclic) bond motifs is 5. The second-order valence-electron chi connectivity index (χ2n) is 12.8. The van der Waals surface area contributed by atoms with Crippen LogP contribution in [0.4, 0.5) is 0 Å².